The van der Waals surface area contributed by atoms with E-state index in [1.54, 1.807) is 24.6 Å². The van der Waals surface area contributed by atoms with Gasteiger partial charge in [0.1, 0.15) is 5.75 Å². The molecule has 0 saturated carbocycles. The molecule has 0 bridgehead atoms. The molecule has 5 heteroatoms. The first-order valence-electron chi connectivity index (χ1n) is 5.15. The molecule has 4 nitrogen and oxygen atoms in total. The number of H-pyrrole nitrogens is 1. The number of nitrogens with zero attached hydrogens (tertiary/aromatic N) is 1. The SMILES string of the molecule is COc1ccc2sc(-c3[nH]ncc3N)cc2c1. The highest BCUT2D eigenvalue weighted by molar-refractivity contribution is 7.22. The number of thiophene rings is 1. The zero-order valence-corrected chi connectivity index (χ0v) is 10.0. The molecule has 0 atom stereocenters. The first kappa shape index (κ1) is 10.2. The highest BCUT2D eigenvalue weighted by Crippen LogP contribution is 2.36. The Balaban J connectivity index is 2.17. The molecule has 0 aliphatic carbocycles. The molecule has 0 aliphatic rings. The number of methoxy groups -OCH3 is 1. The van der Waals surface area contributed by atoms with Crippen molar-refractivity contribution in [2.24, 2.45) is 0 Å². The summed E-state index contributed by atoms with van der Waals surface area (Å²) in [7, 11) is 1.67. The number of benzene rings is 1. The second kappa shape index (κ2) is 3.78. The Morgan fingerprint density at radius 3 is 2.94 bits per heavy atom. The smallest absolute Gasteiger partial charge is 0.119 e. The standard InChI is InChI=1S/C12H11N3OS/c1-16-8-2-3-10-7(4-8)5-11(17-10)12-9(13)6-14-15-12/h2-6H,13H2,1H3,(H,14,15). The Labute approximate surface area is 102 Å². The van der Waals surface area contributed by atoms with Crippen molar-refractivity contribution in [1.82, 2.24) is 10.2 Å². The summed E-state index contributed by atoms with van der Waals surface area (Å²) in [5.41, 5.74) is 7.39. The summed E-state index contributed by atoms with van der Waals surface area (Å²) in [6.07, 6.45) is 1.63. The van der Waals surface area contributed by atoms with Gasteiger partial charge in [0.05, 0.1) is 29.6 Å². The van der Waals surface area contributed by atoms with Gasteiger partial charge in [-0.15, -0.1) is 11.3 Å². The van der Waals surface area contributed by atoms with Crippen LogP contribution in [0.15, 0.2) is 30.5 Å². The fourth-order valence-corrected chi connectivity index (χ4v) is 2.82. The minimum Gasteiger partial charge on any atom is -0.497 e. The first-order chi connectivity index (χ1) is 8.28. The van der Waals surface area contributed by atoms with Gasteiger partial charge in [0.25, 0.3) is 0 Å². The summed E-state index contributed by atoms with van der Waals surface area (Å²) in [4.78, 5) is 1.09. The summed E-state index contributed by atoms with van der Waals surface area (Å²) >= 11 is 1.68. The van der Waals surface area contributed by atoms with Crippen LogP contribution in [0.1, 0.15) is 0 Å². The molecule has 0 spiro atoms. The molecular weight excluding hydrogens is 234 g/mol. The Hall–Kier alpha value is -2.01. The topological polar surface area (TPSA) is 63.9 Å². The summed E-state index contributed by atoms with van der Waals surface area (Å²) < 4.78 is 6.41. The van der Waals surface area contributed by atoms with E-state index in [0.717, 1.165) is 21.7 Å². The molecular formula is C12H11N3OS. The maximum absolute atomic E-state index is 5.84. The maximum Gasteiger partial charge on any atom is 0.119 e. The Kier molecular flexibility index (Phi) is 2.26. The number of nitrogens with one attached hydrogen (secondary N) is 1. The number of rotatable bonds is 2. The maximum atomic E-state index is 5.84. The molecule has 3 aromatic rings. The quantitative estimate of drug-likeness (QED) is 0.729. The van der Waals surface area contributed by atoms with Crippen LogP contribution < -0.4 is 10.5 Å². The van der Waals surface area contributed by atoms with Crippen molar-refractivity contribution in [1.29, 1.82) is 0 Å². The molecule has 2 heterocycles. The van der Waals surface area contributed by atoms with Gasteiger partial charge in [-0.25, -0.2) is 0 Å². The average molecular weight is 245 g/mol. The number of nitrogen functional groups attached to an aromatic ring is 1. The van der Waals surface area contributed by atoms with Crippen molar-refractivity contribution in [2.75, 3.05) is 12.8 Å². The number of aromatic nitrogens is 2. The fourth-order valence-electron chi connectivity index (χ4n) is 1.76. The second-order valence-electron chi connectivity index (χ2n) is 3.71. The molecule has 0 unspecified atom stereocenters. The number of aromatic amines is 1. The van der Waals surface area contributed by atoms with Gasteiger partial charge >= 0.3 is 0 Å². The molecule has 0 amide bonds. The molecule has 1 aromatic carbocycles. The van der Waals surface area contributed by atoms with Crippen molar-refractivity contribution < 1.29 is 4.74 Å². The van der Waals surface area contributed by atoms with Crippen LogP contribution in [0.2, 0.25) is 0 Å². The minimum absolute atomic E-state index is 0.670. The summed E-state index contributed by atoms with van der Waals surface area (Å²) in [6.45, 7) is 0. The molecule has 86 valence electrons. The number of hydrogen-bond donors (Lipinski definition) is 2. The van der Waals surface area contributed by atoms with Gasteiger partial charge < -0.3 is 10.5 Å². The average Bonchev–Trinajstić information content (AvgIpc) is 2.93. The zero-order valence-electron chi connectivity index (χ0n) is 9.23. The van der Waals surface area contributed by atoms with Crippen molar-refractivity contribution in [3.8, 4) is 16.3 Å². The lowest BCUT2D eigenvalue weighted by Crippen LogP contribution is -1.83. The van der Waals surface area contributed by atoms with Crippen molar-refractivity contribution in [3.05, 3.63) is 30.5 Å². The van der Waals surface area contributed by atoms with Gasteiger partial charge in [-0.05, 0) is 29.7 Å². The number of ether oxygens (including phenoxy) is 1. The van der Waals surface area contributed by atoms with E-state index in [2.05, 4.69) is 22.3 Å². The Morgan fingerprint density at radius 1 is 1.35 bits per heavy atom. The van der Waals surface area contributed by atoms with Crippen LogP contribution >= 0.6 is 11.3 Å². The third kappa shape index (κ3) is 1.64. The van der Waals surface area contributed by atoms with Crippen LogP contribution in [0.25, 0.3) is 20.7 Å². The molecule has 0 saturated heterocycles. The number of hydrogen-bond acceptors (Lipinski definition) is 4. The van der Waals surface area contributed by atoms with E-state index in [4.69, 9.17) is 10.5 Å². The van der Waals surface area contributed by atoms with E-state index in [0.29, 0.717) is 5.69 Å². The van der Waals surface area contributed by atoms with E-state index in [1.807, 2.05) is 12.1 Å². The first-order valence-corrected chi connectivity index (χ1v) is 5.96. The largest absolute Gasteiger partial charge is 0.497 e. The Morgan fingerprint density at radius 2 is 2.24 bits per heavy atom. The van der Waals surface area contributed by atoms with Crippen LogP contribution in [-0.2, 0) is 0 Å². The zero-order chi connectivity index (χ0) is 11.8. The highest BCUT2D eigenvalue weighted by Gasteiger charge is 2.09. The number of anilines is 1. The molecule has 0 fully saturated rings. The molecule has 0 aliphatic heterocycles. The lowest BCUT2D eigenvalue weighted by atomic mass is 10.2. The lowest BCUT2D eigenvalue weighted by Gasteiger charge is -1.97. The van der Waals surface area contributed by atoms with Crippen LogP contribution in [0.3, 0.4) is 0 Å². The van der Waals surface area contributed by atoms with Crippen LogP contribution in [0, 0.1) is 0 Å². The lowest BCUT2D eigenvalue weighted by molar-refractivity contribution is 0.415. The fraction of sp³-hybridized carbons (Fsp3) is 0.0833. The summed E-state index contributed by atoms with van der Waals surface area (Å²) in [5, 5.41) is 8.00. The van der Waals surface area contributed by atoms with E-state index in [1.165, 1.54) is 4.70 Å². The molecule has 2 aromatic heterocycles. The third-order valence-corrected chi connectivity index (χ3v) is 3.77. The predicted octanol–water partition coefficient (Wildman–Crippen LogP) is 2.88. The molecule has 3 rings (SSSR count). The monoisotopic (exact) mass is 245 g/mol. The normalized spacial score (nSPS) is 10.9. The van der Waals surface area contributed by atoms with Crippen LogP contribution in [0.5, 0.6) is 5.75 Å². The van der Waals surface area contributed by atoms with E-state index in [-0.39, 0.29) is 0 Å². The highest BCUT2D eigenvalue weighted by atomic mass is 32.1. The Bertz CT molecular complexity index is 671. The van der Waals surface area contributed by atoms with Crippen molar-refractivity contribution in [3.63, 3.8) is 0 Å². The second-order valence-corrected chi connectivity index (χ2v) is 4.80. The third-order valence-electron chi connectivity index (χ3n) is 2.64. The summed E-state index contributed by atoms with van der Waals surface area (Å²) in [5.74, 6) is 0.861. The number of fused-ring (bicyclic) bond motifs is 1. The van der Waals surface area contributed by atoms with Crippen molar-refractivity contribution in [2.45, 2.75) is 0 Å². The predicted molar refractivity (Wildman–Crippen MR) is 70.4 cm³/mol. The van der Waals surface area contributed by atoms with E-state index >= 15 is 0 Å². The van der Waals surface area contributed by atoms with Crippen LogP contribution in [-0.4, -0.2) is 17.3 Å². The minimum atomic E-state index is 0.670. The summed E-state index contributed by atoms with van der Waals surface area (Å²) in [6, 6.07) is 8.11. The van der Waals surface area contributed by atoms with Gasteiger partial charge in [-0.1, -0.05) is 0 Å². The van der Waals surface area contributed by atoms with Crippen molar-refractivity contribution >= 4 is 27.1 Å². The van der Waals surface area contributed by atoms with Gasteiger partial charge in [-0.3, -0.25) is 5.10 Å². The van der Waals surface area contributed by atoms with Gasteiger partial charge in [0, 0.05) is 4.70 Å². The van der Waals surface area contributed by atoms with Gasteiger partial charge in [0.15, 0.2) is 0 Å². The van der Waals surface area contributed by atoms with E-state index in [9.17, 15) is 0 Å². The van der Waals surface area contributed by atoms with E-state index < -0.39 is 0 Å². The molecule has 17 heavy (non-hydrogen) atoms. The molecule has 3 N–H and O–H groups in total. The van der Waals surface area contributed by atoms with Gasteiger partial charge in [0.2, 0.25) is 0 Å². The molecule has 0 radical (unpaired) electrons. The number of nitrogens with two attached hydrogens (primary N) is 1. The van der Waals surface area contributed by atoms with Crippen LogP contribution in [0.4, 0.5) is 5.69 Å². The van der Waals surface area contributed by atoms with Gasteiger partial charge in [-0.2, -0.15) is 5.10 Å².